The zero-order chi connectivity index (χ0) is 24.3. The molecule has 2 fully saturated rings. The minimum absolute atomic E-state index is 0.0656. The Morgan fingerprint density at radius 1 is 0.943 bits per heavy atom. The summed E-state index contributed by atoms with van der Waals surface area (Å²) in [6, 6.07) is 17.5. The third kappa shape index (κ3) is 5.02. The highest BCUT2D eigenvalue weighted by molar-refractivity contribution is 5.94. The van der Waals surface area contributed by atoms with Crippen LogP contribution in [0.5, 0.6) is 0 Å². The number of amides is 2. The Labute approximate surface area is 208 Å². The third-order valence-corrected chi connectivity index (χ3v) is 8.27. The van der Waals surface area contributed by atoms with Gasteiger partial charge in [-0.25, -0.2) is 4.79 Å². The van der Waals surface area contributed by atoms with Crippen molar-refractivity contribution in [1.29, 1.82) is 0 Å². The SMILES string of the molecule is NC(=O)C1CC[N+](C=O)(CCCN2CCC(=C3c4ccccc4C=Cc4ccccc43)CC2)CC1. The van der Waals surface area contributed by atoms with Gasteiger partial charge < -0.3 is 10.6 Å². The van der Waals surface area contributed by atoms with Gasteiger partial charge in [0.25, 0.3) is 0 Å². The molecule has 0 atom stereocenters. The van der Waals surface area contributed by atoms with Crippen molar-refractivity contribution in [2.75, 3.05) is 39.3 Å². The smallest absolute Gasteiger partial charge is 0.301 e. The van der Waals surface area contributed by atoms with Crippen LogP contribution in [0.1, 0.15) is 54.4 Å². The maximum Gasteiger partial charge on any atom is 0.301 e. The summed E-state index contributed by atoms with van der Waals surface area (Å²) in [4.78, 5) is 26.0. The summed E-state index contributed by atoms with van der Waals surface area (Å²) < 4.78 is 0.480. The molecule has 2 aromatic rings. The van der Waals surface area contributed by atoms with Gasteiger partial charge in [0.05, 0.1) is 19.6 Å². The lowest BCUT2D eigenvalue weighted by Gasteiger charge is -2.38. The molecule has 0 bridgehead atoms. The second-order valence-electron chi connectivity index (χ2n) is 10.4. The summed E-state index contributed by atoms with van der Waals surface area (Å²) in [5.74, 6) is -0.286. The second kappa shape index (κ2) is 10.3. The van der Waals surface area contributed by atoms with E-state index in [1.807, 2.05) is 0 Å². The zero-order valence-electron chi connectivity index (χ0n) is 20.5. The van der Waals surface area contributed by atoms with Gasteiger partial charge >= 0.3 is 6.41 Å². The quantitative estimate of drug-likeness (QED) is 0.431. The standard InChI is InChI=1S/C30H35N3O2/c31-30(35)26-14-20-33(22-34,21-15-26)19-5-16-32-17-12-25(13-18-32)29-27-8-3-1-6-23(27)10-11-24-7-2-4-9-28(24)29/h1-4,6-11,22,26H,5,12-21H2,(H-,31,35)/p+1. The van der Waals surface area contributed by atoms with Gasteiger partial charge in [0.1, 0.15) is 0 Å². The van der Waals surface area contributed by atoms with Gasteiger partial charge in [0.15, 0.2) is 0 Å². The normalized spacial score (nSPS) is 24.4. The number of carbonyl (C=O) groups is 2. The molecule has 0 spiro atoms. The average Bonchev–Trinajstić information content (AvgIpc) is 3.06. The lowest BCUT2D eigenvalue weighted by Crippen LogP contribution is -2.54. The minimum atomic E-state index is -0.221. The highest BCUT2D eigenvalue weighted by Gasteiger charge is 2.35. The molecular formula is C30H36N3O2+. The summed E-state index contributed by atoms with van der Waals surface area (Å²) in [5.41, 5.74) is 13.7. The topological polar surface area (TPSA) is 63.4 Å². The molecule has 0 unspecified atom stereocenters. The molecule has 1 aliphatic carbocycles. The van der Waals surface area contributed by atoms with E-state index in [1.54, 1.807) is 5.57 Å². The van der Waals surface area contributed by atoms with Crippen LogP contribution in [0.3, 0.4) is 0 Å². The van der Waals surface area contributed by atoms with Gasteiger partial charge in [-0.3, -0.25) is 9.28 Å². The van der Waals surface area contributed by atoms with Crippen molar-refractivity contribution in [2.45, 2.75) is 32.1 Å². The highest BCUT2D eigenvalue weighted by Crippen LogP contribution is 2.38. The summed E-state index contributed by atoms with van der Waals surface area (Å²) in [5, 5.41) is 0. The Balaban J connectivity index is 1.24. The number of fused-ring (bicyclic) bond motifs is 2. The Hall–Kier alpha value is -3.02. The largest absolute Gasteiger partial charge is 0.369 e. The first-order valence-electron chi connectivity index (χ1n) is 13.0. The second-order valence-corrected chi connectivity index (χ2v) is 10.4. The van der Waals surface area contributed by atoms with Crippen LogP contribution in [0.4, 0.5) is 0 Å². The summed E-state index contributed by atoms with van der Waals surface area (Å²) in [6.45, 7) is 5.46. The molecule has 2 saturated heterocycles. The first-order valence-corrected chi connectivity index (χ1v) is 13.0. The van der Waals surface area contributed by atoms with Crippen LogP contribution in [0.15, 0.2) is 54.1 Å². The number of quaternary nitrogens is 1. The molecule has 2 aromatic carbocycles. The van der Waals surface area contributed by atoms with E-state index < -0.39 is 0 Å². The molecule has 2 N–H and O–H groups in total. The number of benzene rings is 2. The van der Waals surface area contributed by atoms with Crippen LogP contribution in [-0.2, 0) is 9.59 Å². The van der Waals surface area contributed by atoms with E-state index in [-0.39, 0.29) is 11.8 Å². The predicted octanol–water partition coefficient (Wildman–Crippen LogP) is 4.33. The van der Waals surface area contributed by atoms with E-state index in [1.165, 1.54) is 27.8 Å². The Morgan fingerprint density at radius 3 is 2.06 bits per heavy atom. The Bertz CT molecular complexity index is 1100. The van der Waals surface area contributed by atoms with E-state index in [4.69, 9.17) is 5.73 Å². The lowest BCUT2D eigenvalue weighted by atomic mass is 9.86. The number of likely N-dealkylation sites (tertiary alicyclic amines) is 2. The van der Waals surface area contributed by atoms with E-state index >= 15 is 0 Å². The van der Waals surface area contributed by atoms with Crippen LogP contribution in [-0.4, -0.2) is 61.0 Å². The number of nitrogens with two attached hydrogens (primary N) is 1. The Kier molecular flexibility index (Phi) is 6.98. The number of piperidine rings is 2. The molecule has 2 heterocycles. The predicted molar refractivity (Wildman–Crippen MR) is 141 cm³/mol. The molecule has 0 saturated carbocycles. The van der Waals surface area contributed by atoms with Crippen LogP contribution >= 0.6 is 0 Å². The molecule has 5 heteroatoms. The third-order valence-electron chi connectivity index (χ3n) is 8.27. The van der Waals surface area contributed by atoms with Gasteiger partial charge in [-0.1, -0.05) is 66.3 Å². The maximum atomic E-state index is 11.9. The van der Waals surface area contributed by atoms with Crippen LogP contribution in [0.25, 0.3) is 17.7 Å². The van der Waals surface area contributed by atoms with E-state index in [0.717, 1.165) is 77.8 Å². The number of rotatable bonds is 6. The van der Waals surface area contributed by atoms with E-state index in [9.17, 15) is 9.59 Å². The van der Waals surface area contributed by atoms with Crippen molar-refractivity contribution in [1.82, 2.24) is 4.90 Å². The van der Waals surface area contributed by atoms with Crippen molar-refractivity contribution in [3.05, 3.63) is 76.4 Å². The number of nitrogens with zero attached hydrogens (tertiary/aromatic N) is 2. The minimum Gasteiger partial charge on any atom is -0.369 e. The lowest BCUT2D eigenvalue weighted by molar-refractivity contribution is -0.852. The van der Waals surface area contributed by atoms with Crippen molar-refractivity contribution in [3.63, 3.8) is 0 Å². The summed E-state index contributed by atoms with van der Waals surface area (Å²) in [6.07, 6.45) is 10.2. The van der Waals surface area contributed by atoms with Crippen LogP contribution in [0.2, 0.25) is 0 Å². The average molecular weight is 471 g/mol. The fraction of sp³-hybridized carbons (Fsp3) is 0.400. The van der Waals surface area contributed by atoms with Gasteiger partial charge in [-0.2, -0.15) is 0 Å². The van der Waals surface area contributed by atoms with Crippen molar-refractivity contribution < 1.29 is 14.1 Å². The summed E-state index contributed by atoms with van der Waals surface area (Å²) in [7, 11) is 0. The number of primary amides is 1. The number of carbonyl (C=O) groups excluding carboxylic acids is 2. The molecule has 182 valence electrons. The molecule has 0 aromatic heterocycles. The number of hydrogen-bond donors (Lipinski definition) is 1. The molecule has 3 aliphatic rings. The van der Waals surface area contributed by atoms with Crippen molar-refractivity contribution in [2.24, 2.45) is 11.7 Å². The molecule has 2 amide bonds. The molecule has 2 aliphatic heterocycles. The first-order chi connectivity index (χ1) is 17.1. The Morgan fingerprint density at radius 2 is 1.51 bits per heavy atom. The van der Waals surface area contributed by atoms with Gasteiger partial charge in [0.2, 0.25) is 5.91 Å². The molecular weight excluding hydrogens is 434 g/mol. The molecule has 35 heavy (non-hydrogen) atoms. The zero-order valence-corrected chi connectivity index (χ0v) is 20.5. The van der Waals surface area contributed by atoms with Gasteiger partial charge in [-0.05, 0) is 40.7 Å². The van der Waals surface area contributed by atoms with Crippen LogP contribution in [0, 0.1) is 5.92 Å². The van der Waals surface area contributed by atoms with Gasteiger partial charge in [0, 0.05) is 44.8 Å². The monoisotopic (exact) mass is 470 g/mol. The molecule has 5 rings (SSSR count). The van der Waals surface area contributed by atoms with E-state index in [2.05, 4.69) is 65.6 Å². The fourth-order valence-corrected chi connectivity index (χ4v) is 6.10. The highest BCUT2D eigenvalue weighted by atomic mass is 16.1. The first kappa shape index (κ1) is 23.7. The fourth-order valence-electron chi connectivity index (χ4n) is 6.10. The van der Waals surface area contributed by atoms with Crippen LogP contribution < -0.4 is 5.73 Å². The maximum absolute atomic E-state index is 11.9. The molecule has 0 radical (unpaired) electrons. The summed E-state index contributed by atoms with van der Waals surface area (Å²) >= 11 is 0. The van der Waals surface area contributed by atoms with Crippen molar-refractivity contribution >= 4 is 30.0 Å². The van der Waals surface area contributed by atoms with Crippen molar-refractivity contribution in [3.8, 4) is 0 Å². The molecule has 5 nitrogen and oxygen atoms in total. The number of hydrogen-bond acceptors (Lipinski definition) is 3. The van der Waals surface area contributed by atoms with Gasteiger partial charge in [-0.15, -0.1) is 0 Å². The van der Waals surface area contributed by atoms with E-state index in [0.29, 0.717) is 4.48 Å².